The molecule has 27 heavy (non-hydrogen) atoms. The first-order chi connectivity index (χ1) is 13.3. The van der Waals surface area contributed by atoms with Crippen molar-refractivity contribution in [1.29, 1.82) is 0 Å². The van der Waals surface area contributed by atoms with E-state index in [9.17, 15) is 4.79 Å². The second-order valence-electron chi connectivity index (χ2n) is 6.82. The highest BCUT2D eigenvalue weighted by Gasteiger charge is 2.30. The van der Waals surface area contributed by atoms with Gasteiger partial charge < -0.3 is 4.90 Å². The Labute approximate surface area is 164 Å². The number of nitrogens with zero attached hydrogens (tertiary/aromatic N) is 3. The van der Waals surface area contributed by atoms with E-state index in [4.69, 9.17) is 0 Å². The Kier molecular flexibility index (Phi) is 5.61. The molecule has 1 fully saturated rings. The van der Waals surface area contributed by atoms with E-state index in [2.05, 4.69) is 16.0 Å². The first-order valence-corrected chi connectivity index (χ1v) is 10.2. The predicted molar refractivity (Wildman–Crippen MR) is 110 cm³/mol. The number of amides is 1. The topological polar surface area (TPSA) is 36.4 Å². The fourth-order valence-corrected chi connectivity index (χ4v) is 4.32. The number of hydrogen-bond donors (Lipinski definition) is 0. The minimum absolute atomic E-state index is 0.111. The molecular weight excluding hydrogens is 354 g/mol. The molecule has 4 nitrogen and oxygen atoms in total. The molecule has 4 rings (SSSR count). The summed E-state index contributed by atoms with van der Waals surface area (Å²) in [7, 11) is 0. The van der Waals surface area contributed by atoms with Crippen LogP contribution in [0.2, 0.25) is 0 Å². The number of thiophene rings is 1. The van der Waals surface area contributed by atoms with E-state index < -0.39 is 0 Å². The third kappa shape index (κ3) is 4.26. The van der Waals surface area contributed by atoms with E-state index >= 15 is 0 Å². The van der Waals surface area contributed by atoms with Crippen LogP contribution in [0.1, 0.15) is 28.2 Å². The van der Waals surface area contributed by atoms with Gasteiger partial charge in [-0.25, -0.2) is 0 Å². The van der Waals surface area contributed by atoms with Crippen molar-refractivity contribution in [3.05, 3.63) is 82.8 Å². The smallest absolute Gasteiger partial charge is 0.268 e. The van der Waals surface area contributed by atoms with E-state index in [0.29, 0.717) is 0 Å². The minimum atomic E-state index is 0.111. The van der Waals surface area contributed by atoms with Crippen LogP contribution in [0.5, 0.6) is 0 Å². The summed E-state index contributed by atoms with van der Waals surface area (Å²) in [5.74, 6) is 0.111. The molecule has 5 heteroatoms. The van der Waals surface area contributed by atoms with Crippen molar-refractivity contribution in [3.8, 4) is 0 Å². The lowest BCUT2D eigenvalue weighted by atomic mass is 10.0. The molecule has 1 saturated heterocycles. The molecule has 0 N–H and O–H groups in total. The average molecular weight is 378 g/mol. The first kappa shape index (κ1) is 17.9. The lowest BCUT2D eigenvalue weighted by Gasteiger charge is -2.38. The number of hydrogen-bond acceptors (Lipinski definition) is 4. The third-order valence-corrected chi connectivity index (χ3v) is 5.88. The zero-order chi connectivity index (χ0) is 18.5. The standard InChI is InChI=1S/C22H23N3OS/c26-22(21-10-6-16-27-21)25(19-8-2-1-3-9-19)20-11-14-24(15-12-20)17-18-7-4-5-13-23-18/h1-10,13,16,20H,11-12,14-15,17H2. The Morgan fingerprint density at radius 2 is 1.81 bits per heavy atom. The summed E-state index contributed by atoms with van der Waals surface area (Å²) < 4.78 is 0. The van der Waals surface area contributed by atoms with Gasteiger partial charge in [-0.1, -0.05) is 30.3 Å². The molecule has 0 bridgehead atoms. The number of pyridine rings is 1. The highest BCUT2D eigenvalue weighted by Crippen LogP contribution is 2.27. The number of aromatic nitrogens is 1. The van der Waals surface area contributed by atoms with Crippen LogP contribution >= 0.6 is 11.3 Å². The monoisotopic (exact) mass is 377 g/mol. The number of piperidine rings is 1. The van der Waals surface area contributed by atoms with Gasteiger partial charge in [-0.3, -0.25) is 14.7 Å². The molecule has 0 unspecified atom stereocenters. The maximum atomic E-state index is 13.2. The van der Waals surface area contributed by atoms with Crippen molar-refractivity contribution in [3.63, 3.8) is 0 Å². The van der Waals surface area contributed by atoms with E-state index in [0.717, 1.165) is 48.7 Å². The van der Waals surface area contributed by atoms with Crippen molar-refractivity contribution in [2.45, 2.75) is 25.4 Å². The van der Waals surface area contributed by atoms with Crippen molar-refractivity contribution < 1.29 is 4.79 Å². The molecule has 1 aromatic carbocycles. The van der Waals surface area contributed by atoms with Gasteiger partial charge in [0.05, 0.1) is 10.6 Å². The zero-order valence-corrected chi connectivity index (χ0v) is 16.0. The quantitative estimate of drug-likeness (QED) is 0.659. The molecule has 0 spiro atoms. The molecule has 1 aliphatic rings. The van der Waals surface area contributed by atoms with Crippen LogP contribution in [0.25, 0.3) is 0 Å². The van der Waals surface area contributed by atoms with E-state index in [-0.39, 0.29) is 11.9 Å². The highest BCUT2D eigenvalue weighted by atomic mass is 32.1. The van der Waals surface area contributed by atoms with Crippen molar-refractivity contribution in [1.82, 2.24) is 9.88 Å². The van der Waals surface area contributed by atoms with Crippen LogP contribution in [0, 0.1) is 0 Å². The number of para-hydroxylation sites is 1. The summed E-state index contributed by atoms with van der Waals surface area (Å²) >= 11 is 1.51. The normalized spacial score (nSPS) is 15.6. The van der Waals surface area contributed by atoms with Crippen LogP contribution in [-0.2, 0) is 6.54 Å². The third-order valence-electron chi connectivity index (χ3n) is 5.02. The Morgan fingerprint density at radius 1 is 1.04 bits per heavy atom. The van der Waals surface area contributed by atoms with Gasteiger partial charge in [0.15, 0.2) is 0 Å². The van der Waals surface area contributed by atoms with E-state index in [1.165, 1.54) is 11.3 Å². The highest BCUT2D eigenvalue weighted by molar-refractivity contribution is 7.12. The fraction of sp³-hybridized carbons (Fsp3) is 0.273. The van der Waals surface area contributed by atoms with Crippen LogP contribution in [0.3, 0.4) is 0 Å². The lowest BCUT2D eigenvalue weighted by Crippen LogP contribution is -2.47. The van der Waals surface area contributed by atoms with Gasteiger partial charge >= 0.3 is 0 Å². The number of likely N-dealkylation sites (tertiary alicyclic amines) is 1. The summed E-state index contributed by atoms with van der Waals surface area (Å²) in [6, 6.07) is 20.2. The number of carbonyl (C=O) groups is 1. The summed E-state index contributed by atoms with van der Waals surface area (Å²) in [5, 5.41) is 1.96. The summed E-state index contributed by atoms with van der Waals surface area (Å²) in [6.45, 7) is 2.82. The van der Waals surface area contributed by atoms with E-state index in [1.807, 2.05) is 71.1 Å². The van der Waals surface area contributed by atoms with Crippen LogP contribution in [0.15, 0.2) is 72.2 Å². The minimum Gasteiger partial charge on any atom is -0.305 e. The maximum absolute atomic E-state index is 13.2. The summed E-state index contributed by atoms with van der Waals surface area (Å²) in [5.41, 5.74) is 2.09. The molecule has 0 saturated carbocycles. The molecule has 0 radical (unpaired) electrons. The van der Waals surface area contributed by atoms with Gasteiger partial charge in [0.2, 0.25) is 0 Å². The number of rotatable bonds is 5. The molecule has 1 amide bonds. The molecule has 0 aliphatic carbocycles. The largest absolute Gasteiger partial charge is 0.305 e. The number of carbonyl (C=O) groups excluding carboxylic acids is 1. The Balaban J connectivity index is 1.48. The molecule has 3 aromatic rings. The average Bonchev–Trinajstić information content (AvgIpc) is 3.26. The second kappa shape index (κ2) is 8.46. The van der Waals surface area contributed by atoms with Gasteiger partial charge in [0.1, 0.15) is 0 Å². The van der Waals surface area contributed by atoms with Crippen LogP contribution < -0.4 is 4.90 Å². The zero-order valence-electron chi connectivity index (χ0n) is 15.2. The van der Waals surface area contributed by atoms with Crippen LogP contribution in [0.4, 0.5) is 5.69 Å². The van der Waals surface area contributed by atoms with Crippen molar-refractivity contribution in [2.75, 3.05) is 18.0 Å². The van der Waals surface area contributed by atoms with Crippen LogP contribution in [-0.4, -0.2) is 34.9 Å². The summed E-state index contributed by atoms with van der Waals surface area (Å²) in [6.07, 6.45) is 3.79. The van der Waals surface area contributed by atoms with Gasteiger partial charge in [0.25, 0.3) is 5.91 Å². The Morgan fingerprint density at radius 3 is 2.48 bits per heavy atom. The van der Waals surface area contributed by atoms with Gasteiger partial charge in [-0.05, 0) is 48.6 Å². The predicted octanol–water partition coefficient (Wildman–Crippen LogP) is 4.45. The maximum Gasteiger partial charge on any atom is 0.268 e. The molecule has 138 valence electrons. The van der Waals surface area contributed by atoms with Gasteiger partial charge in [0, 0.05) is 37.6 Å². The Hall–Kier alpha value is -2.50. The molecule has 3 heterocycles. The molecular formula is C22H23N3OS. The van der Waals surface area contributed by atoms with Gasteiger partial charge in [-0.15, -0.1) is 11.3 Å². The van der Waals surface area contributed by atoms with Gasteiger partial charge in [-0.2, -0.15) is 0 Å². The van der Waals surface area contributed by atoms with Crippen molar-refractivity contribution >= 4 is 22.9 Å². The molecule has 2 aromatic heterocycles. The SMILES string of the molecule is O=C(c1cccs1)N(c1ccccc1)C1CCN(Cc2ccccn2)CC1. The van der Waals surface area contributed by atoms with E-state index in [1.54, 1.807) is 0 Å². The molecule has 1 aliphatic heterocycles. The fourth-order valence-electron chi connectivity index (χ4n) is 3.66. The number of anilines is 1. The molecule has 0 atom stereocenters. The second-order valence-corrected chi connectivity index (χ2v) is 7.76. The Bertz CT molecular complexity index is 844. The number of benzene rings is 1. The lowest BCUT2D eigenvalue weighted by molar-refractivity contribution is 0.0962. The van der Waals surface area contributed by atoms with Crippen molar-refractivity contribution in [2.24, 2.45) is 0 Å². The summed E-state index contributed by atoms with van der Waals surface area (Å²) in [4.78, 5) is 22.9. The first-order valence-electron chi connectivity index (χ1n) is 9.35.